The molecular weight excluding hydrogens is 1130 g/mol. The van der Waals surface area contributed by atoms with Gasteiger partial charge in [0.15, 0.2) is 30.1 Å². The van der Waals surface area contributed by atoms with Gasteiger partial charge in [-0.2, -0.15) is 0 Å². The molecule has 7 aliphatic rings. The SMILES string of the molecule is CC[C@H]1OC(=O)[C@H](C)[C@@H](O[C@@H]2C[C@](C)(OC)[C@H](O)C(C)O2)[C@H](C)[C@@H](O[C@@H]2O[C@H](C)C[C@@H](N(C)C)[C@H]2OC(=O)CCCCOC(=O)[C@@]2(O)[C@H](C)CC3C4CC(F)=C5CC(=O)C=C[C@]5(C)[C@@]4(Cl)[C@@H](O)C[C@@]32C)[C@](C)(O)CCCN(C)[C@H](C)[C@@H](O)[C@]1(C)O. The Kier molecular flexibility index (Phi) is 21.5. The molecule has 4 aliphatic carbocycles. The summed E-state index contributed by atoms with van der Waals surface area (Å²) in [6, 6.07) is -1.06. The molecule has 3 aliphatic heterocycles. The molecule has 0 bridgehead atoms. The van der Waals surface area contributed by atoms with E-state index in [1.165, 1.54) is 20.1 Å². The number of hydrogen-bond donors (Lipinski definition) is 6. The normalized spacial score (nSPS) is 47.7. The Hall–Kier alpha value is -2.74. The van der Waals surface area contributed by atoms with E-state index in [0.29, 0.717) is 25.8 Å². The van der Waals surface area contributed by atoms with E-state index >= 15 is 4.39 Å². The zero-order valence-electron chi connectivity index (χ0n) is 53.2. The Morgan fingerprint density at radius 3 is 2.21 bits per heavy atom. The summed E-state index contributed by atoms with van der Waals surface area (Å²) < 4.78 is 66.9. The third kappa shape index (κ3) is 12.9. The number of alkyl halides is 1. The maximum atomic E-state index is 16.1. The number of nitrogens with zero attached hydrogens (tertiary/aromatic N) is 2. The number of allylic oxidation sites excluding steroid dienone is 4. The largest absolute Gasteiger partial charge is 0.464 e. The van der Waals surface area contributed by atoms with Gasteiger partial charge < -0.3 is 78.3 Å². The number of hydrogen-bond acceptors (Lipinski definition) is 20. The number of esters is 3. The lowest BCUT2D eigenvalue weighted by molar-refractivity contribution is -0.318. The van der Waals surface area contributed by atoms with Crippen LogP contribution in [0, 0.1) is 40.4 Å². The molecule has 20 nitrogen and oxygen atoms in total. The summed E-state index contributed by atoms with van der Waals surface area (Å²) >= 11 is 7.52. The summed E-state index contributed by atoms with van der Waals surface area (Å²) in [5, 5.41) is 72.2. The quantitative estimate of drug-likeness (QED) is 0.0517. The number of halogens is 2. The minimum atomic E-state index is -2.07. The number of aliphatic hydroxyl groups excluding tert-OH is 3. The van der Waals surface area contributed by atoms with Crippen LogP contribution in [0.2, 0.25) is 0 Å². The molecule has 3 heterocycles. The van der Waals surface area contributed by atoms with E-state index in [1.54, 1.807) is 82.4 Å². The monoisotopic (exact) mass is 1230 g/mol. The van der Waals surface area contributed by atoms with Crippen LogP contribution in [0.3, 0.4) is 0 Å². The second-order valence-electron chi connectivity index (χ2n) is 27.8. The molecule has 0 aromatic rings. The Morgan fingerprint density at radius 1 is 0.906 bits per heavy atom. The van der Waals surface area contributed by atoms with E-state index in [2.05, 4.69) is 0 Å². The number of carbonyl (C=O) groups excluding carboxylic acids is 4. The van der Waals surface area contributed by atoms with Crippen LogP contribution < -0.4 is 0 Å². The molecule has 85 heavy (non-hydrogen) atoms. The van der Waals surface area contributed by atoms with Crippen LogP contribution in [0.5, 0.6) is 0 Å². The van der Waals surface area contributed by atoms with Crippen LogP contribution in [0.15, 0.2) is 23.6 Å². The Morgan fingerprint density at radius 2 is 1.58 bits per heavy atom. The number of unbranched alkanes of at least 4 members (excludes halogenated alkanes) is 1. The number of likely N-dealkylation sites (N-methyl/N-ethyl adjacent to an activating group) is 2. The number of methoxy groups -OCH3 is 1. The molecule has 25 atom stereocenters. The van der Waals surface area contributed by atoms with Crippen molar-refractivity contribution in [1.82, 2.24) is 9.80 Å². The molecule has 3 saturated heterocycles. The van der Waals surface area contributed by atoms with Crippen molar-refractivity contribution in [3.05, 3.63) is 23.6 Å². The summed E-state index contributed by atoms with van der Waals surface area (Å²) in [4.78, 5) is 57.8. The molecule has 22 heteroatoms. The molecule has 3 unspecified atom stereocenters. The van der Waals surface area contributed by atoms with Crippen molar-refractivity contribution in [2.75, 3.05) is 41.4 Å². The van der Waals surface area contributed by atoms with Crippen molar-refractivity contribution < 1.29 is 92.1 Å². The van der Waals surface area contributed by atoms with Gasteiger partial charge in [0.1, 0.15) is 29.7 Å². The predicted molar refractivity (Wildman–Crippen MR) is 311 cm³/mol. The molecule has 2 saturated carbocycles. The number of cyclic esters (lactones) is 1. The first-order chi connectivity index (χ1) is 39.4. The van der Waals surface area contributed by atoms with Crippen LogP contribution in [0.25, 0.3) is 0 Å². The lowest BCUT2D eigenvalue weighted by atomic mass is 9.46. The fourth-order valence-corrected chi connectivity index (χ4v) is 16.6. The Labute approximate surface area is 507 Å². The average Bonchev–Trinajstić information content (AvgIpc) is 1.67. The van der Waals surface area contributed by atoms with Gasteiger partial charge in [0.05, 0.1) is 65.2 Å². The lowest BCUT2D eigenvalue weighted by Gasteiger charge is -2.63. The molecular formula is C63H102ClFN2O18. The maximum absolute atomic E-state index is 16.1. The predicted octanol–water partition coefficient (Wildman–Crippen LogP) is 5.83. The van der Waals surface area contributed by atoms with E-state index < -0.39 is 171 Å². The van der Waals surface area contributed by atoms with E-state index in [4.69, 9.17) is 49.5 Å². The van der Waals surface area contributed by atoms with Gasteiger partial charge in [-0.1, -0.05) is 40.7 Å². The summed E-state index contributed by atoms with van der Waals surface area (Å²) in [5.74, 6) is -6.81. The summed E-state index contributed by atoms with van der Waals surface area (Å²) in [7, 11) is 6.97. The van der Waals surface area contributed by atoms with Gasteiger partial charge in [0.25, 0.3) is 0 Å². The first kappa shape index (κ1) is 69.7. The molecule has 5 fully saturated rings. The molecule has 0 aromatic heterocycles. The number of aliphatic hydroxyl groups is 6. The lowest BCUT2D eigenvalue weighted by Crippen LogP contribution is -2.69. The smallest absolute Gasteiger partial charge is 0.338 e. The van der Waals surface area contributed by atoms with Crippen molar-refractivity contribution in [2.24, 2.45) is 40.4 Å². The van der Waals surface area contributed by atoms with Crippen LogP contribution in [0.4, 0.5) is 4.39 Å². The van der Waals surface area contributed by atoms with Gasteiger partial charge in [0.2, 0.25) is 0 Å². The molecule has 486 valence electrons. The van der Waals surface area contributed by atoms with E-state index in [1.807, 2.05) is 30.8 Å². The first-order valence-electron chi connectivity index (χ1n) is 31.0. The minimum Gasteiger partial charge on any atom is -0.464 e. The molecule has 0 aromatic carbocycles. The number of carbonyl (C=O) groups is 4. The maximum Gasteiger partial charge on any atom is 0.338 e. The van der Waals surface area contributed by atoms with Crippen molar-refractivity contribution in [1.29, 1.82) is 0 Å². The van der Waals surface area contributed by atoms with Crippen molar-refractivity contribution in [2.45, 2.75) is 267 Å². The van der Waals surface area contributed by atoms with Gasteiger partial charge in [-0.25, -0.2) is 9.18 Å². The number of ether oxygens (including phenoxy) is 8. The second-order valence-corrected chi connectivity index (χ2v) is 28.5. The zero-order valence-corrected chi connectivity index (χ0v) is 53.9. The molecule has 0 amide bonds. The Balaban J connectivity index is 1.09. The highest BCUT2D eigenvalue weighted by Crippen LogP contribution is 2.72. The van der Waals surface area contributed by atoms with Crippen molar-refractivity contribution >= 4 is 35.3 Å². The van der Waals surface area contributed by atoms with Gasteiger partial charge in [-0.15, -0.1) is 11.6 Å². The van der Waals surface area contributed by atoms with Crippen molar-refractivity contribution in [3.8, 4) is 0 Å². The third-order valence-corrected chi connectivity index (χ3v) is 22.8. The van der Waals surface area contributed by atoms with Gasteiger partial charge in [-0.05, 0) is 157 Å². The van der Waals surface area contributed by atoms with Crippen LogP contribution >= 0.6 is 11.6 Å². The highest BCUT2D eigenvalue weighted by atomic mass is 35.5. The van der Waals surface area contributed by atoms with Crippen LogP contribution in [-0.2, 0) is 57.1 Å². The van der Waals surface area contributed by atoms with E-state index in [-0.39, 0.29) is 75.8 Å². The number of rotatable bonds is 14. The van der Waals surface area contributed by atoms with Gasteiger partial charge in [-0.3, -0.25) is 14.4 Å². The fourth-order valence-electron chi connectivity index (χ4n) is 16.1. The molecule has 0 radical (unpaired) electrons. The first-order valence-corrected chi connectivity index (χ1v) is 31.4. The van der Waals surface area contributed by atoms with Crippen LogP contribution in [0.1, 0.15) is 160 Å². The minimum absolute atomic E-state index is 0.0487. The van der Waals surface area contributed by atoms with Crippen LogP contribution in [-0.4, -0.2) is 212 Å². The highest BCUT2D eigenvalue weighted by Gasteiger charge is 2.76. The molecule has 0 spiro atoms. The summed E-state index contributed by atoms with van der Waals surface area (Å²) in [6.07, 6.45) is -7.37. The van der Waals surface area contributed by atoms with E-state index in [0.717, 1.165) is 0 Å². The molecule has 7 rings (SSSR count). The van der Waals surface area contributed by atoms with E-state index in [9.17, 15) is 49.8 Å². The average molecular weight is 1230 g/mol. The standard InChI is InChI=1S/C63H102ClFN2O18/c1-17-46-61(12,76)51(71)37(6)67(15)25-20-23-59(10,75)53(35(4)49(36(5)54(73)82-46)84-48-32-60(11,78-16)52(72)38(7)81-48)85-55-50(44(66(13)14)28-34(3)80-55)83-47(70)21-18-19-26-79-56(74)63(77)33(2)27-40-41-30-43(65)42-29-39(68)22-24-57(42,8)62(41,64)45(69)31-58(40,63)9/h22,24,33-38,40-41,44-46,48-53,55,69,71-72,75-77H,17-21,23,25-32H2,1-16H3/t33-,34-,35+,36-,37-,38?,40?,41?,44-,45+,46-,48-,49+,50-,51-,52-,53-,55+,57+,58+,59-,60+,61-,62+,63+/m1/s1. The number of ketones is 1. The van der Waals surface area contributed by atoms with Gasteiger partial charge >= 0.3 is 17.9 Å². The summed E-state index contributed by atoms with van der Waals surface area (Å²) in [6.45, 7) is 20.7. The Bertz CT molecular complexity index is 2470. The molecule has 6 N–H and O–H groups in total. The second kappa shape index (κ2) is 26.2. The van der Waals surface area contributed by atoms with Crippen molar-refractivity contribution in [3.63, 3.8) is 0 Å². The zero-order chi connectivity index (χ0) is 63.5. The van der Waals surface area contributed by atoms with Gasteiger partial charge in [0, 0.05) is 55.6 Å². The summed E-state index contributed by atoms with van der Waals surface area (Å²) in [5.41, 5.74) is -8.94. The topological polar surface area (TPSA) is 270 Å². The number of fused-ring (bicyclic) bond motifs is 5. The third-order valence-electron chi connectivity index (χ3n) is 21.8. The highest BCUT2D eigenvalue weighted by molar-refractivity contribution is 6.26. The fraction of sp³-hybridized carbons (Fsp3) is 0.873.